The summed E-state index contributed by atoms with van der Waals surface area (Å²) in [5, 5.41) is 0. The number of amides is 3. The highest BCUT2D eigenvalue weighted by Crippen LogP contribution is 2.06. The summed E-state index contributed by atoms with van der Waals surface area (Å²) in [5.74, 6) is 0. The van der Waals surface area contributed by atoms with Crippen molar-refractivity contribution in [3.05, 3.63) is 71.8 Å². The first-order chi connectivity index (χ1) is 11.6. The largest absolute Gasteiger partial charge is 0.444 e. The minimum absolute atomic E-state index is 0.00213. The number of carbonyl (C=O) groups excluding carboxylic acids is 2. The lowest BCUT2D eigenvalue weighted by molar-refractivity contribution is 0.104. The maximum atomic E-state index is 12.1. The minimum atomic E-state index is -0.878. The standard InChI is InChI=1S/C18H21N3O3/c19-16(11-14-7-3-1-4-8-14)12-21(17(20)22)18(23)24-13-15-9-5-2-6-10-15/h1-10,16H,11-13,19H2,(H2,20,22)/t16-/m1/s1. The van der Waals surface area contributed by atoms with Gasteiger partial charge in [-0.05, 0) is 17.5 Å². The monoisotopic (exact) mass is 327 g/mol. The number of carbonyl (C=O) groups is 2. The Kier molecular flexibility index (Phi) is 6.33. The van der Waals surface area contributed by atoms with Gasteiger partial charge in [-0.15, -0.1) is 0 Å². The molecule has 6 nitrogen and oxygen atoms in total. The van der Waals surface area contributed by atoms with E-state index >= 15 is 0 Å². The van der Waals surface area contributed by atoms with E-state index in [1.807, 2.05) is 60.7 Å². The fraction of sp³-hybridized carbons (Fsp3) is 0.222. The van der Waals surface area contributed by atoms with Gasteiger partial charge in [0.15, 0.2) is 0 Å². The van der Waals surface area contributed by atoms with Gasteiger partial charge in [0.1, 0.15) is 6.61 Å². The second-order valence-electron chi connectivity index (χ2n) is 5.44. The van der Waals surface area contributed by atoms with Crippen molar-refractivity contribution in [2.45, 2.75) is 19.1 Å². The van der Waals surface area contributed by atoms with Gasteiger partial charge in [0.25, 0.3) is 0 Å². The van der Waals surface area contributed by atoms with Crippen molar-refractivity contribution in [3.8, 4) is 0 Å². The van der Waals surface area contributed by atoms with Gasteiger partial charge in [0, 0.05) is 12.6 Å². The van der Waals surface area contributed by atoms with Crippen LogP contribution < -0.4 is 11.5 Å². The molecule has 0 saturated heterocycles. The number of nitrogens with zero attached hydrogens (tertiary/aromatic N) is 1. The highest BCUT2D eigenvalue weighted by molar-refractivity contribution is 5.89. The normalized spacial score (nSPS) is 11.5. The number of hydrogen-bond donors (Lipinski definition) is 2. The SMILES string of the molecule is NC(=O)N(C[C@H](N)Cc1ccccc1)C(=O)OCc1ccccc1. The molecule has 2 aromatic carbocycles. The van der Waals surface area contributed by atoms with E-state index in [0.29, 0.717) is 6.42 Å². The lowest BCUT2D eigenvalue weighted by atomic mass is 10.1. The number of hydrogen-bond acceptors (Lipinski definition) is 4. The fourth-order valence-corrected chi connectivity index (χ4v) is 2.27. The number of ether oxygens (including phenoxy) is 1. The summed E-state index contributed by atoms with van der Waals surface area (Å²) in [6.45, 7) is 0.0647. The molecule has 0 aliphatic rings. The quantitative estimate of drug-likeness (QED) is 0.850. The van der Waals surface area contributed by atoms with Crippen LogP contribution >= 0.6 is 0 Å². The molecule has 3 amide bonds. The Hall–Kier alpha value is -2.86. The van der Waals surface area contributed by atoms with Gasteiger partial charge in [-0.2, -0.15) is 0 Å². The summed E-state index contributed by atoms with van der Waals surface area (Å²) in [5.41, 5.74) is 13.2. The number of imide groups is 1. The topological polar surface area (TPSA) is 98.7 Å². The molecule has 0 bridgehead atoms. The Morgan fingerprint density at radius 3 is 2.04 bits per heavy atom. The van der Waals surface area contributed by atoms with Gasteiger partial charge in [-0.3, -0.25) is 0 Å². The first kappa shape index (κ1) is 17.5. The number of rotatable bonds is 6. The maximum absolute atomic E-state index is 12.1. The van der Waals surface area contributed by atoms with Crippen LogP contribution in [0.5, 0.6) is 0 Å². The van der Waals surface area contributed by atoms with E-state index in [2.05, 4.69) is 0 Å². The van der Waals surface area contributed by atoms with Crippen molar-refractivity contribution >= 4 is 12.1 Å². The molecule has 0 heterocycles. The summed E-state index contributed by atoms with van der Waals surface area (Å²) in [4.78, 5) is 24.5. The smallest absolute Gasteiger partial charge is 0.418 e. The molecule has 0 radical (unpaired) electrons. The number of benzene rings is 2. The summed E-state index contributed by atoms with van der Waals surface area (Å²) in [6, 6.07) is 17.5. The Labute approximate surface area is 141 Å². The van der Waals surface area contributed by atoms with E-state index in [4.69, 9.17) is 16.2 Å². The molecule has 2 rings (SSSR count). The second kappa shape index (κ2) is 8.69. The molecular weight excluding hydrogens is 306 g/mol. The van der Waals surface area contributed by atoms with Crippen LogP contribution in [-0.4, -0.2) is 29.6 Å². The van der Waals surface area contributed by atoms with E-state index < -0.39 is 18.2 Å². The van der Waals surface area contributed by atoms with Crippen LogP contribution in [0, 0.1) is 0 Å². The van der Waals surface area contributed by atoms with Gasteiger partial charge >= 0.3 is 12.1 Å². The average Bonchev–Trinajstić information content (AvgIpc) is 2.59. The van der Waals surface area contributed by atoms with Crippen molar-refractivity contribution in [1.82, 2.24) is 4.90 Å². The van der Waals surface area contributed by atoms with Crippen LogP contribution in [0.15, 0.2) is 60.7 Å². The Morgan fingerprint density at radius 1 is 0.958 bits per heavy atom. The van der Waals surface area contributed by atoms with Crippen molar-refractivity contribution in [3.63, 3.8) is 0 Å². The Morgan fingerprint density at radius 2 is 1.50 bits per heavy atom. The van der Waals surface area contributed by atoms with E-state index in [9.17, 15) is 9.59 Å². The molecule has 0 aliphatic heterocycles. The van der Waals surface area contributed by atoms with Crippen molar-refractivity contribution in [2.24, 2.45) is 11.5 Å². The van der Waals surface area contributed by atoms with E-state index in [1.165, 1.54) is 0 Å². The molecular formula is C18H21N3O3. The van der Waals surface area contributed by atoms with Crippen LogP contribution in [-0.2, 0) is 17.8 Å². The molecule has 0 saturated carbocycles. The number of primary amides is 1. The maximum Gasteiger partial charge on any atom is 0.418 e. The molecule has 0 spiro atoms. The molecule has 6 heteroatoms. The van der Waals surface area contributed by atoms with Gasteiger partial charge in [0.2, 0.25) is 0 Å². The van der Waals surface area contributed by atoms with Crippen LogP contribution in [0.2, 0.25) is 0 Å². The third-order valence-corrected chi connectivity index (χ3v) is 3.45. The molecule has 0 unspecified atom stereocenters. The lowest BCUT2D eigenvalue weighted by Crippen LogP contribution is -2.48. The first-order valence-electron chi connectivity index (χ1n) is 7.63. The first-order valence-corrected chi connectivity index (χ1v) is 7.63. The Balaban J connectivity index is 1.90. The molecule has 0 fully saturated rings. The van der Waals surface area contributed by atoms with Gasteiger partial charge < -0.3 is 16.2 Å². The van der Waals surface area contributed by atoms with Gasteiger partial charge in [-0.1, -0.05) is 60.7 Å². The fourth-order valence-electron chi connectivity index (χ4n) is 2.27. The molecule has 1 atom stereocenters. The molecule has 2 aromatic rings. The molecule has 4 N–H and O–H groups in total. The lowest BCUT2D eigenvalue weighted by Gasteiger charge is -2.22. The second-order valence-corrected chi connectivity index (χ2v) is 5.44. The molecule has 0 aromatic heterocycles. The van der Waals surface area contributed by atoms with Gasteiger partial charge in [0.05, 0.1) is 0 Å². The van der Waals surface area contributed by atoms with Crippen LogP contribution in [0.3, 0.4) is 0 Å². The van der Waals surface area contributed by atoms with Crippen LogP contribution in [0.25, 0.3) is 0 Å². The summed E-state index contributed by atoms with van der Waals surface area (Å²) >= 11 is 0. The highest BCUT2D eigenvalue weighted by Gasteiger charge is 2.23. The summed E-state index contributed by atoms with van der Waals surface area (Å²) < 4.78 is 5.13. The van der Waals surface area contributed by atoms with Gasteiger partial charge in [-0.25, -0.2) is 14.5 Å². The molecule has 24 heavy (non-hydrogen) atoms. The van der Waals surface area contributed by atoms with E-state index in [1.54, 1.807) is 0 Å². The average molecular weight is 327 g/mol. The van der Waals surface area contributed by atoms with E-state index in [-0.39, 0.29) is 13.2 Å². The third-order valence-electron chi connectivity index (χ3n) is 3.45. The molecule has 0 aliphatic carbocycles. The zero-order valence-corrected chi connectivity index (χ0v) is 13.3. The van der Waals surface area contributed by atoms with Crippen molar-refractivity contribution < 1.29 is 14.3 Å². The number of nitrogens with two attached hydrogens (primary N) is 2. The zero-order valence-electron chi connectivity index (χ0n) is 13.3. The molecule has 126 valence electrons. The van der Waals surface area contributed by atoms with E-state index in [0.717, 1.165) is 16.0 Å². The van der Waals surface area contributed by atoms with Crippen molar-refractivity contribution in [1.29, 1.82) is 0 Å². The predicted octanol–water partition coefficient (Wildman–Crippen LogP) is 2.27. The summed E-state index contributed by atoms with van der Waals surface area (Å²) in [6.07, 6.45) is -0.272. The Bertz CT molecular complexity index is 662. The zero-order chi connectivity index (χ0) is 17.4. The third kappa shape index (κ3) is 5.40. The highest BCUT2D eigenvalue weighted by atomic mass is 16.6. The van der Waals surface area contributed by atoms with Crippen LogP contribution in [0.4, 0.5) is 9.59 Å². The number of urea groups is 1. The van der Waals surface area contributed by atoms with Crippen molar-refractivity contribution in [2.75, 3.05) is 6.54 Å². The predicted molar refractivity (Wildman–Crippen MR) is 91.0 cm³/mol. The minimum Gasteiger partial charge on any atom is -0.444 e. The summed E-state index contributed by atoms with van der Waals surface area (Å²) in [7, 11) is 0. The van der Waals surface area contributed by atoms with Crippen LogP contribution in [0.1, 0.15) is 11.1 Å².